The molecule has 1 heterocycles. The molecule has 0 aliphatic heterocycles. The Morgan fingerprint density at radius 3 is 2.56 bits per heavy atom. The summed E-state index contributed by atoms with van der Waals surface area (Å²) in [6, 6.07) is 8.02. The van der Waals surface area contributed by atoms with Crippen molar-refractivity contribution in [2.45, 2.75) is 5.03 Å². The van der Waals surface area contributed by atoms with Gasteiger partial charge in [0.25, 0.3) is 10.0 Å². The molecule has 2 N–H and O–H groups in total. The van der Waals surface area contributed by atoms with Crippen LogP contribution >= 0.6 is 0 Å². The van der Waals surface area contributed by atoms with Gasteiger partial charge in [-0.2, -0.15) is 8.42 Å². The van der Waals surface area contributed by atoms with Crippen molar-refractivity contribution in [3.05, 3.63) is 48.4 Å². The molecule has 7 heteroatoms. The number of rotatable bonds is 3. The first-order chi connectivity index (χ1) is 8.50. The lowest BCUT2D eigenvalue weighted by Crippen LogP contribution is -2.16. The van der Waals surface area contributed by atoms with Crippen LogP contribution in [0.1, 0.15) is 0 Å². The van der Waals surface area contributed by atoms with Gasteiger partial charge in [-0.15, -0.1) is 0 Å². The average molecular weight is 268 g/mol. The lowest BCUT2D eigenvalue weighted by Gasteiger charge is -2.08. The summed E-state index contributed by atoms with van der Waals surface area (Å²) in [6.45, 7) is 0. The minimum atomic E-state index is -4.16. The number of para-hydroxylation sites is 2. The number of pyridine rings is 1. The van der Waals surface area contributed by atoms with E-state index in [0.717, 1.165) is 6.07 Å². The van der Waals surface area contributed by atoms with Gasteiger partial charge in [-0.25, -0.2) is 9.37 Å². The fourth-order valence-electron chi connectivity index (χ4n) is 1.32. The number of nitrogens with zero attached hydrogens (tertiary/aromatic N) is 1. The molecular formula is C11H9FN2O3S. The first kappa shape index (κ1) is 12.3. The molecule has 5 nitrogen and oxygen atoms in total. The van der Waals surface area contributed by atoms with Crippen molar-refractivity contribution < 1.29 is 17.9 Å². The SMILES string of the molecule is O=S(=O)(Nc1ccccc1O)c1ncccc1F. The number of hydrogen-bond donors (Lipinski definition) is 2. The van der Waals surface area contributed by atoms with E-state index in [0.29, 0.717) is 0 Å². The van der Waals surface area contributed by atoms with Crippen molar-refractivity contribution in [2.24, 2.45) is 0 Å². The number of anilines is 1. The van der Waals surface area contributed by atoms with E-state index in [1.165, 1.54) is 36.5 Å². The Balaban J connectivity index is 2.40. The van der Waals surface area contributed by atoms with Gasteiger partial charge >= 0.3 is 0 Å². The van der Waals surface area contributed by atoms with Crippen molar-refractivity contribution in [1.82, 2.24) is 4.98 Å². The average Bonchev–Trinajstić information content (AvgIpc) is 2.32. The van der Waals surface area contributed by atoms with E-state index in [1.54, 1.807) is 0 Å². The van der Waals surface area contributed by atoms with Gasteiger partial charge in [-0.3, -0.25) is 4.72 Å². The van der Waals surface area contributed by atoms with Gasteiger partial charge in [0.15, 0.2) is 5.82 Å². The Labute approximate surface area is 103 Å². The summed E-state index contributed by atoms with van der Waals surface area (Å²) in [6.07, 6.45) is 1.17. The molecule has 0 aliphatic carbocycles. The molecule has 1 aromatic heterocycles. The third kappa shape index (κ3) is 2.40. The number of sulfonamides is 1. The summed E-state index contributed by atoms with van der Waals surface area (Å²) in [5, 5.41) is 8.73. The van der Waals surface area contributed by atoms with E-state index in [-0.39, 0.29) is 11.4 Å². The highest BCUT2D eigenvalue weighted by molar-refractivity contribution is 7.92. The van der Waals surface area contributed by atoms with Gasteiger partial charge in [0, 0.05) is 6.20 Å². The zero-order valence-electron chi connectivity index (χ0n) is 9.04. The first-order valence-corrected chi connectivity index (χ1v) is 6.40. The molecule has 2 aromatic rings. The molecule has 0 saturated heterocycles. The largest absolute Gasteiger partial charge is 0.506 e. The zero-order chi connectivity index (χ0) is 13.2. The number of hydrogen-bond acceptors (Lipinski definition) is 4. The summed E-state index contributed by atoms with van der Waals surface area (Å²) < 4.78 is 39.1. The van der Waals surface area contributed by atoms with Crippen molar-refractivity contribution >= 4 is 15.7 Å². The monoisotopic (exact) mass is 268 g/mol. The molecule has 18 heavy (non-hydrogen) atoms. The number of aromatic hydroxyl groups is 1. The molecule has 2 rings (SSSR count). The van der Waals surface area contributed by atoms with Gasteiger partial charge < -0.3 is 5.11 Å². The Morgan fingerprint density at radius 1 is 1.17 bits per heavy atom. The number of nitrogens with one attached hydrogen (secondary N) is 1. The second-order valence-corrected chi connectivity index (χ2v) is 5.01. The highest BCUT2D eigenvalue weighted by Crippen LogP contribution is 2.24. The molecular weight excluding hydrogens is 259 g/mol. The molecule has 1 aromatic carbocycles. The third-order valence-electron chi connectivity index (χ3n) is 2.13. The molecule has 94 valence electrons. The number of benzene rings is 1. The lowest BCUT2D eigenvalue weighted by molar-refractivity contribution is 0.477. The predicted molar refractivity (Wildman–Crippen MR) is 63.1 cm³/mol. The van der Waals surface area contributed by atoms with Crippen LogP contribution in [0.4, 0.5) is 10.1 Å². The number of halogens is 1. The van der Waals surface area contributed by atoms with Gasteiger partial charge in [-0.1, -0.05) is 12.1 Å². The van der Waals surface area contributed by atoms with Crippen molar-refractivity contribution in [1.29, 1.82) is 0 Å². The number of phenolic OH excluding ortho intramolecular Hbond substituents is 1. The minimum Gasteiger partial charge on any atom is -0.506 e. The van der Waals surface area contributed by atoms with Crippen LogP contribution in [0.15, 0.2) is 47.6 Å². The topological polar surface area (TPSA) is 79.3 Å². The van der Waals surface area contributed by atoms with Gasteiger partial charge in [0.05, 0.1) is 5.69 Å². The summed E-state index contributed by atoms with van der Waals surface area (Å²) in [5.41, 5.74) is -0.0393. The van der Waals surface area contributed by atoms with Crippen molar-refractivity contribution in [2.75, 3.05) is 4.72 Å². The van der Waals surface area contributed by atoms with Crippen LogP contribution in [-0.2, 0) is 10.0 Å². The van der Waals surface area contributed by atoms with Crippen LogP contribution in [0.25, 0.3) is 0 Å². The molecule has 0 atom stereocenters. The van der Waals surface area contributed by atoms with Crippen LogP contribution in [0.2, 0.25) is 0 Å². The second-order valence-electron chi connectivity index (χ2n) is 3.41. The maximum absolute atomic E-state index is 13.3. The molecule has 0 amide bonds. The Hall–Kier alpha value is -2.15. The summed E-state index contributed by atoms with van der Waals surface area (Å²) in [4.78, 5) is 3.47. The molecule has 0 unspecified atom stereocenters. The van der Waals surface area contributed by atoms with Crippen LogP contribution in [0.3, 0.4) is 0 Å². The van der Waals surface area contributed by atoms with E-state index < -0.39 is 20.9 Å². The molecule has 0 aliphatic rings. The highest BCUT2D eigenvalue weighted by Gasteiger charge is 2.21. The van der Waals surface area contributed by atoms with E-state index in [9.17, 15) is 17.9 Å². The maximum atomic E-state index is 13.3. The molecule has 0 spiro atoms. The van der Waals surface area contributed by atoms with Crippen LogP contribution in [-0.4, -0.2) is 18.5 Å². The smallest absolute Gasteiger partial charge is 0.282 e. The van der Waals surface area contributed by atoms with Gasteiger partial charge in [0.2, 0.25) is 5.03 Å². The summed E-state index contributed by atoms with van der Waals surface area (Å²) in [5.74, 6) is -1.21. The van der Waals surface area contributed by atoms with Crippen LogP contribution in [0, 0.1) is 5.82 Å². The van der Waals surface area contributed by atoms with E-state index in [2.05, 4.69) is 9.71 Å². The third-order valence-corrected chi connectivity index (χ3v) is 3.43. The molecule has 0 fully saturated rings. The summed E-state index contributed by atoms with van der Waals surface area (Å²) in [7, 11) is -4.16. The quantitative estimate of drug-likeness (QED) is 0.831. The Kier molecular flexibility index (Phi) is 3.15. The lowest BCUT2D eigenvalue weighted by atomic mass is 10.3. The second kappa shape index (κ2) is 4.61. The van der Waals surface area contributed by atoms with Crippen LogP contribution in [0.5, 0.6) is 5.75 Å². The highest BCUT2D eigenvalue weighted by atomic mass is 32.2. The van der Waals surface area contributed by atoms with E-state index >= 15 is 0 Å². The van der Waals surface area contributed by atoms with E-state index in [1.807, 2.05) is 0 Å². The number of phenols is 1. The molecule has 0 saturated carbocycles. The fraction of sp³-hybridized carbons (Fsp3) is 0. The Morgan fingerprint density at radius 2 is 1.89 bits per heavy atom. The van der Waals surface area contributed by atoms with Gasteiger partial charge in [-0.05, 0) is 24.3 Å². The maximum Gasteiger partial charge on any atom is 0.282 e. The van der Waals surface area contributed by atoms with E-state index in [4.69, 9.17) is 0 Å². The summed E-state index contributed by atoms with van der Waals surface area (Å²) >= 11 is 0. The minimum absolute atomic E-state index is 0.0393. The molecule has 0 bridgehead atoms. The van der Waals surface area contributed by atoms with Crippen molar-refractivity contribution in [3.8, 4) is 5.75 Å². The standard InChI is InChI=1S/C11H9FN2O3S/c12-8-4-3-7-13-11(8)18(16,17)14-9-5-1-2-6-10(9)15/h1-7,14-15H. The predicted octanol–water partition coefficient (Wildman–Crippen LogP) is 1.73. The zero-order valence-corrected chi connectivity index (χ0v) is 9.86. The van der Waals surface area contributed by atoms with Gasteiger partial charge in [0.1, 0.15) is 5.75 Å². The fourth-order valence-corrected chi connectivity index (χ4v) is 2.41. The number of aromatic nitrogens is 1. The molecule has 0 radical (unpaired) electrons. The first-order valence-electron chi connectivity index (χ1n) is 4.92. The van der Waals surface area contributed by atoms with Crippen LogP contribution < -0.4 is 4.72 Å². The van der Waals surface area contributed by atoms with Crippen molar-refractivity contribution in [3.63, 3.8) is 0 Å². The Bertz CT molecular complexity index is 673. The normalized spacial score (nSPS) is 11.2.